The first-order valence-corrected chi connectivity index (χ1v) is 9.30. The lowest BCUT2D eigenvalue weighted by atomic mass is 10.1. The second-order valence-corrected chi connectivity index (χ2v) is 6.79. The first kappa shape index (κ1) is 20.1. The van der Waals surface area contributed by atoms with Crippen molar-refractivity contribution in [3.63, 3.8) is 0 Å². The Hall–Kier alpha value is -2.65. The molecule has 0 aromatic heterocycles. The summed E-state index contributed by atoms with van der Waals surface area (Å²) in [7, 11) is 0. The predicted molar refractivity (Wildman–Crippen MR) is 98.1 cm³/mol. The molecule has 3 amide bonds. The van der Waals surface area contributed by atoms with Gasteiger partial charge in [-0.2, -0.15) is 0 Å². The summed E-state index contributed by atoms with van der Waals surface area (Å²) in [4.78, 5) is 37.5. The normalized spacial score (nSPS) is 20.3. The number of nitrogens with zero attached hydrogens (tertiary/aromatic N) is 1. The molecule has 1 spiro atoms. The van der Waals surface area contributed by atoms with Crippen LogP contribution in [0.15, 0.2) is 30.3 Å². The lowest BCUT2D eigenvalue weighted by Gasteiger charge is -2.23. The number of amides is 3. The largest absolute Gasteiger partial charge is 0.494 e. The molecule has 2 heterocycles. The highest BCUT2D eigenvalue weighted by Crippen LogP contribution is 2.34. The molecule has 0 saturated carbocycles. The first-order valence-electron chi connectivity index (χ1n) is 9.30. The highest BCUT2D eigenvalue weighted by molar-refractivity contribution is 5.90. The predicted octanol–water partition coefficient (Wildman–Crippen LogP) is -0.209. The number of benzene rings is 1. The van der Waals surface area contributed by atoms with Gasteiger partial charge in [-0.05, 0) is 18.6 Å². The number of nitrogens with one attached hydrogen (secondary N) is 1. The summed E-state index contributed by atoms with van der Waals surface area (Å²) in [5, 5.41) is 2.58. The molecule has 0 bridgehead atoms. The van der Waals surface area contributed by atoms with Crippen molar-refractivity contribution in [3.8, 4) is 5.75 Å². The van der Waals surface area contributed by atoms with Crippen LogP contribution in [0.3, 0.4) is 0 Å². The zero-order valence-corrected chi connectivity index (χ0v) is 15.6. The molecule has 0 aliphatic carbocycles. The molecule has 28 heavy (non-hydrogen) atoms. The fraction of sp³-hybridized carbons (Fsp3) is 0.526. The lowest BCUT2D eigenvalue weighted by Crippen LogP contribution is -2.48. The van der Waals surface area contributed by atoms with E-state index in [0.717, 1.165) is 5.75 Å². The van der Waals surface area contributed by atoms with Gasteiger partial charge < -0.3 is 30.2 Å². The van der Waals surface area contributed by atoms with E-state index in [1.54, 1.807) is 0 Å². The molecule has 1 aromatic rings. The Balaban J connectivity index is 1.40. The number of hydrogen-bond acceptors (Lipinski definition) is 6. The van der Waals surface area contributed by atoms with E-state index in [9.17, 15) is 14.4 Å². The maximum Gasteiger partial charge on any atom is 0.242 e. The average Bonchev–Trinajstić information content (AvgIpc) is 3.31. The number of carbonyl (C=O) groups excluding carboxylic acids is 3. The molecule has 0 radical (unpaired) electrons. The van der Waals surface area contributed by atoms with Crippen LogP contribution in [-0.2, 0) is 23.9 Å². The van der Waals surface area contributed by atoms with Crippen LogP contribution in [0.5, 0.6) is 5.75 Å². The topological polar surface area (TPSA) is 120 Å². The molecular weight excluding hydrogens is 366 g/mol. The SMILES string of the molecule is NC(=O)C1CC2(CN1C(=O)CNC(=O)CCCOc1ccccc1)OCCO2. The van der Waals surface area contributed by atoms with Gasteiger partial charge in [-0.3, -0.25) is 14.4 Å². The first-order chi connectivity index (χ1) is 13.5. The summed E-state index contributed by atoms with van der Waals surface area (Å²) in [5.41, 5.74) is 5.42. The van der Waals surface area contributed by atoms with Gasteiger partial charge in [0.25, 0.3) is 0 Å². The van der Waals surface area contributed by atoms with Gasteiger partial charge in [0, 0.05) is 12.8 Å². The van der Waals surface area contributed by atoms with Crippen LogP contribution in [0.1, 0.15) is 19.3 Å². The fourth-order valence-corrected chi connectivity index (χ4v) is 3.36. The van der Waals surface area contributed by atoms with Crippen molar-refractivity contribution >= 4 is 17.7 Å². The smallest absolute Gasteiger partial charge is 0.242 e. The Morgan fingerprint density at radius 2 is 1.93 bits per heavy atom. The van der Waals surface area contributed by atoms with Crippen LogP contribution >= 0.6 is 0 Å². The molecule has 2 aliphatic heterocycles. The summed E-state index contributed by atoms with van der Waals surface area (Å²) < 4.78 is 16.7. The molecule has 3 rings (SSSR count). The summed E-state index contributed by atoms with van der Waals surface area (Å²) in [6.45, 7) is 1.14. The minimum atomic E-state index is -0.964. The van der Waals surface area contributed by atoms with Gasteiger partial charge in [0.1, 0.15) is 11.8 Å². The van der Waals surface area contributed by atoms with Crippen LogP contribution in [0.4, 0.5) is 0 Å². The van der Waals surface area contributed by atoms with Gasteiger partial charge in [-0.1, -0.05) is 18.2 Å². The van der Waals surface area contributed by atoms with Crippen LogP contribution in [-0.4, -0.2) is 67.4 Å². The van der Waals surface area contributed by atoms with E-state index in [1.165, 1.54) is 4.90 Å². The quantitative estimate of drug-likeness (QED) is 0.592. The van der Waals surface area contributed by atoms with Crippen molar-refractivity contribution in [3.05, 3.63) is 30.3 Å². The number of primary amides is 1. The third kappa shape index (κ3) is 4.99. The molecule has 3 N–H and O–H groups in total. The maximum absolute atomic E-state index is 12.5. The van der Waals surface area contributed by atoms with E-state index in [-0.39, 0.29) is 31.8 Å². The molecule has 2 fully saturated rings. The minimum absolute atomic E-state index is 0.125. The van der Waals surface area contributed by atoms with Crippen LogP contribution in [0.2, 0.25) is 0 Å². The molecule has 1 aromatic carbocycles. The molecule has 2 aliphatic rings. The maximum atomic E-state index is 12.5. The lowest BCUT2D eigenvalue weighted by molar-refractivity contribution is -0.152. The van der Waals surface area contributed by atoms with Crippen molar-refractivity contribution in [2.24, 2.45) is 5.73 Å². The van der Waals surface area contributed by atoms with Gasteiger partial charge >= 0.3 is 0 Å². The van der Waals surface area contributed by atoms with Gasteiger partial charge in [-0.25, -0.2) is 0 Å². The molecule has 1 unspecified atom stereocenters. The Bertz CT molecular complexity index is 705. The number of ether oxygens (including phenoxy) is 3. The van der Waals surface area contributed by atoms with Crippen molar-refractivity contribution in [1.29, 1.82) is 0 Å². The van der Waals surface area contributed by atoms with Crippen molar-refractivity contribution in [1.82, 2.24) is 10.2 Å². The third-order valence-corrected chi connectivity index (χ3v) is 4.75. The number of hydrogen-bond donors (Lipinski definition) is 2. The zero-order chi connectivity index (χ0) is 20.0. The molecule has 2 saturated heterocycles. The second kappa shape index (κ2) is 9.03. The van der Waals surface area contributed by atoms with Crippen molar-refractivity contribution < 1.29 is 28.6 Å². The summed E-state index contributed by atoms with van der Waals surface area (Å²) in [6.07, 6.45) is 0.960. The van der Waals surface area contributed by atoms with Gasteiger partial charge in [0.15, 0.2) is 5.79 Å². The molecule has 9 nitrogen and oxygen atoms in total. The van der Waals surface area contributed by atoms with E-state index < -0.39 is 23.6 Å². The highest BCUT2D eigenvalue weighted by Gasteiger charge is 2.51. The van der Waals surface area contributed by atoms with Crippen LogP contribution in [0.25, 0.3) is 0 Å². The fourth-order valence-electron chi connectivity index (χ4n) is 3.36. The van der Waals surface area contributed by atoms with Crippen LogP contribution in [0, 0.1) is 0 Å². The van der Waals surface area contributed by atoms with Crippen molar-refractivity contribution in [2.45, 2.75) is 31.1 Å². The van der Waals surface area contributed by atoms with E-state index in [4.69, 9.17) is 19.9 Å². The molecule has 9 heteroatoms. The van der Waals surface area contributed by atoms with Crippen LogP contribution < -0.4 is 15.8 Å². The molecule has 152 valence electrons. The Kier molecular flexibility index (Phi) is 6.48. The Morgan fingerprint density at radius 3 is 2.61 bits per heavy atom. The van der Waals surface area contributed by atoms with E-state index in [0.29, 0.717) is 26.2 Å². The van der Waals surface area contributed by atoms with E-state index in [1.807, 2.05) is 30.3 Å². The van der Waals surface area contributed by atoms with Crippen molar-refractivity contribution in [2.75, 3.05) is 32.9 Å². The van der Waals surface area contributed by atoms with E-state index >= 15 is 0 Å². The Morgan fingerprint density at radius 1 is 1.21 bits per heavy atom. The Labute approximate surface area is 163 Å². The molecule has 1 atom stereocenters. The summed E-state index contributed by atoms with van der Waals surface area (Å²) in [5.74, 6) is -1.49. The van der Waals surface area contributed by atoms with Gasteiger partial charge in [0.05, 0.1) is 32.9 Å². The highest BCUT2D eigenvalue weighted by atomic mass is 16.7. The number of rotatable bonds is 8. The monoisotopic (exact) mass is 391 g/mol. The molecular formula is C19H25N3O6. The average molecular weight is 391 g/mol. The number of nitrogens with two attached hydrogens (primary N) is 1. The second-order valence-electron chi connectivity index (χ2n) is 6.79. The standard InChI is InChI=1S/C19H25N3O6/c20-18(25)15-11-19(27-9-10-28-19)13-22(15)17(24)12-21-16(23)7-4-8-26-14-5-2-1-3-6-14/h1-3,5-6,15H,4,7-13H2,(H2,20,25)(H,21,23). The number of likely N-dealkylation sites (tertiary alicyclic amines) is 1. The minimum Gasteiger partial charge on any atom is -0.494 e. The van der Waals surface area contributed by atoms with E-state index in [2.05, 4.69) is 5.32 Å². The van der Waals surface area contributed by atoms with Gasteiger partial charge in [-0.15, -0.1) is 0 Å². The number of carbonyl (C=O) groups is 3. The summed E-state index contributed by atoms with van der Waals surface area (Å²) in [6, 6.07) is 8.52. The van der Waals surface area contributed by atoms with Gasteiger partial charge in [0.2, 0.25) is 17.7 Å². The summed E-state index contributed by atoms with van der Waals surface area (Å²) >= 11 is 0. The number of para-hydroxylation sites is 1. The third-order valence-electron chi connectivity index (χ3n) is 4.75. The zero-order valence-electron chi connectivity index (χ0n) is 15.6.